The smallest absolute Gasteiger partial charge is 0.0621 e. The summed E-state index contributed by atoms with van der Waals surface area (Å²) in [5.41, 5.74) is 4.52. The predicted molar refractivity (Wildman–Crippen MR) is 79.5 cm³/mol. The molecule has 0 heterocycles. The van der Waals surface area contributed by atoms with E-state index in [1.807, 2.05) is 30.3 Å². The number of halogens is 1. The minimum Gasteiger partial charge on any atom is -0.392 e. The lowest BCUT2D eigenvalue weighted by atomic mass is 9.97. The van der Waals surface area contributed by atoms with E-state index >= 15 is 0 Å². The largest absolute Gasteiger partial charge is 0.392 e. The quantitative estimate of drug-likeness (QED) is 0.902. The Labute approximate surface area is 116 Å². The number of aliphatic hydroxyl groups excluding tert-OH is 1. The third-order valence-corrected chi connectivity index (χ3v) is 3.34. The molecule has 1 nitrogen and oxygen atoms in total. The molecule has 0 saturated heterocycles. The van der Waals surface area contributed by atoms with Crippen LogP contribution in [0.2, 0.25) is 0 Å². The molecule has 0 unspecified atom stereocenters. The first-order valence-electron chi connectivity index (χ1n) is 5.84. The number of hydrogen-bond donors (Lipinski definition) is 1. The average Bonchev–Trinajstić information content (AvgIpc) is 2.39. The molecule has 2 aromatic rings. The molecular formula is C16H15BrO. The summed E-state index contributed by atoms with van der Waals surface area (Å²) in [5.74, 6) is 0. The maximum atomic E-state index is 9.18. The number of aliphatic hydroxyl groups is 1. The van der Waals surface area contributed by atoms with E-state index in [0.29, 0.717) is 0 Å². The van der Waals surface area contributed by atoms with Crippen LogP contribution in [-0.2, 0) is 0 Å². The van der Waals surface area contributed by atoms with Gasteiger partial charge in [-0.2, -0.15) is 0 Å². The highest BCUT2D eigenvalue weighted by molar-refractivity contribution is 9.10. The molecule has 2 aromatic carbocycles. The van der Waals surface area contributed by atoms with E-state index in [1.54, 1.807) is 0 Å². The van der Waals surface area contributed by atoms with Crippen molar-refractivity contribution in [1.29, 1.82) is 0 Å². The van der Waals surface area contributed by atoms with Gasteiger partial charge < -0.3 is 5.11 Å². The van der Waals surface area contributed by atoms with Crippen LogP contribution in [0.1, 0.15) is 16.7 Å². The molecule has 0 aliphatic heterocycles. The van der Waals surface area contributed by atoms with E-state index in [0.717, 1.165) is 21.2 Å². The lowest BCUT2D eigenvalue weighted by Gasteiger charge is -2.09. The van der Waals surface area contributed by atoms with Crippen LogP contribution in [0.3, 0.4) is 0 Å². The van der Waals surface area contributed by atoms with Gasteiger partial charge >= 0.3 is 0 Å². The van der Waals surface area contributed by atoms with Gasteiger partial charge in [0, 0.05) is 4.47 Å². The molecule has 2 rings (SSSR count). The van der Waals surface area contributed by atoms with Gasteiger partial charge in [0.15, 0.2) is 0 Å². The van der Waals surface area contributed by atoms with E-state index in [-0.39, 0.29) is 6.61 Å². The Bertz CT molecular complexity index is 491. The van der Waals surface area contributed by atoms with Gasteiger partial charge in [-0.1, -0.05) is 64.0 Å². The van der Waals surface area contributed by atoms with Crippen LogP contribution in [-0.4, -0.2) is 11.7 Å². The molecule has 0 radical (unpaired) electrons. The SMILES string of the molecule is Cc1ccc(/C(=C/CO)c2ccc(Br)cc2)cc1. The van der Waals surface area contributed by atoms with Crippen molar-refractivity contribution in [2.45, 2.75) is 6.92 Å². The second-order valence-electron chi connectivity index (χ2n) is 4.17. The van der Waals surface area contributed by atoms with Crippen LogP contribution >= 0.6 is 15.9 Å². The molecule has 0 saturated carbocycles. The van der Waals surface area contributed by atoms with E-state index in [2.05, 4.69) is 47.1 Å². The molecule has 0 aliphatic rings. The van der Waals surface area contributed by atoms with Crippen molar-refractivity contribution in [3.05, 3.63) is 75.8 Å². The highest BCUT2D eigenvalue weighted by Gasteiger charge is 2.04. The van der Waals surface area contributed by atoms with Crippen molar-refractivity contribution in [2.24, 2.45) is 0 Å². The summed E-state index contributed by atoms with van der Waals surface area (Å²) < 4.78 is 1.05. The fraction of sp³-hybridized carbons (Fsp3) is 0.125. The lowest BCUT2D eigenvalue weighted by Crippen LogP contribution is -1.90. The maximum absolute atomic E-state index is 9.18. The molecule has 1 N–H and O–H groups in total. The molecule has 0 spiro atoms. The van der Waals surface area contributed by atoms with Gasteiger partial charge in [-0.3, -0.25) is 0 Å². The van der Waals surface area contributed by atoms with Gasteiger partial charge in [0.1, 0.15) is 0 Å². The van der Waals surface area contributed by atoms with Gasteiger partial charge in [0.2, 0.25) is 0 Å². The normalized spacial score (nSPS) is 11.6. The first-order chi connectivity index (χ1) is 8.70. The molecule has 0 amide bonds. The molecule has 2 heteroatoms. The predicted octanol–water partition coefficient (Wildman–Crippen LogP) is 4.18. The van der Waals surface area contributed by atoms with Crippen molar-refractivity contribution in [3.63, 3.8) is 0 Å². The van der Waals surface area contributed by atoms with Crippen LogP contribution in [0, 0.1) is 6.92 Å². The van der Waals surface area contributed by atoms with E-state index in [4.69, 9.17) is 0 Å². The molecule has 18 heavy (non-hydrogen) atoms. The summed E-state index contributed by atoms with van der Waals surface area (Å²) in [6.45, 7) is 2.11. The second-order valence-corrected chi connectivity index (χ2v) is 5.09. The molecule has 0 atom stereocenters. The van der Waals surface area contributed by atoms with E-state index < -0.39 is 0 Å². The highest BCUT2D eigenvalue weighted by Crippen LogP contribution is 2.25. The zero-order valence-corrected chi connectivity index (χ0v) is 11.8. The van der Waals surface area contributed by atoms with Gasteiger partial charge in [0.05, 0.1) is 6.61 Å². The number of benzene rings is 2. The van der Waals surface area contributed by atoms with Crippen LogP contribution in [0.5, 0.6) is 0 Å². The second kappa shape index (κ2) is 5.98. The summed E-state index contributed by atoms with van der Waals surface area (Å²) in [4.78, 5) is 0. The van der Waals surface area contributed by atoms with Crippen molar-refractivity contribution in [2.75, 3.05) is 6.61 Å². The van der Waals surface area contributed by atoms with Crippen molar-refractivity contribution < 1.29 is 5.11 Å². The minimum atomic E-state index is 0.0409. The van der Waals surface area contributed by atoms with Crippen molar-refractivity contribution in [1.82, 2.24) is 0 Å². The van der Waals surface area contributed by atoms with Crippen LogP contribution in [0.4, 0.5) is 0 Å². The van der Waals surface area contributed by atoms with Gasteiger partial charge in [0.25, 0.3) is 0 Å². The number of rotatable bonds is 3. The summed E-state index contributed by atoms with van der Waals surface area (Å²) in [5, 5.41) is 9.18. The highest BCUT2D eigenvalue weighted by atomic mass is 79.9. The molecule has 0 aliphatic carbocycles. The van der Waals surface area contributed by atoms with E-state index in [9.17, 15) is 5.11 Å². The topological polar surface area (TPSA) is 20.2 Å². The zero-order valence-electron chi connectivity index (χ0n) is 10.2. The number of hydrogen-bond acceptors (Lipinski definition) is 1. The first-order valence-corrected chi connectivity index (χ1v) is 6.64. The molecule has 0 fully saturated rings. The fourth-order valence-electron chi connectivity index (χ4n) is 1.86. The molecule has 92 valence electrons. The standard InChI is InChI=1S/C16H15BrO/c1-12-2-4-13(5-3-12)16(10-11-18)14-6-8-15(17)9-7-14/h2-10,18H,11H2,1H3/b16-10-. The van der Waals surface area contributed by atoms with Crippen molar-refractivity contribution >= 4 is 21.5 Å². The summed E-state index contributed by atoms with van der Waals surface area (Å²) in [7, 11) is 0. The Morgan fingerprint density at radius 2 is 1.50 bits per heavy atom. The Balaban J connectivity index is 2.43. The monoisotopic (exact) mass is 302 g/mol. The Kier molecular flexibility index (Phi) is 4.34. The third-order valence-electron chi connectivity index (χ3n) is 2.81. The zero-order chi connectivity index (χ0) is 13.0. The van der Waals surface area contributed by atoms with Gasteiger partial charge in [-0.15, -0.1) is 0 Å². The van der Waals surface area contributed by atoms with Gasteiger partial charge in [-0.25, -0.2) is 0 Å². The summed E-state index contributed by atoms with van der Waals surface area (Å²) >= 11 is 3.43. The van der Waals surface area contributed by atoms with Crippen LogP contribution < -0.4 is 0 Å². The Morgan fingerprint density at radius 3 is 2.00 bits per heavy atom. The summed E-state index contributed by atoms with van der Waals surface area (Å²) in [6.07, 6.45) is 1.84. The molecular weight excluding hydrogens is 288 g/mol. The van der Waals surface area contributed by atoms with Crippen molar-refractivity contribution in [3.8, 4) is 0 Å². The van der Waals surface area contributed by atoms with E-state index in [1.165, 1.54) is 5.56 Å². The summed E-state index contributed by atoms with van der Waals surface area (Å²) in [6, 6.07) is 16.4. The van der Waals surface area contributed by atoms with Gasteiger partial charge in [-0.05, 0) is 35.8 Å². The number of aryl methyl sites for hydroxylation is 1. The van der Waals surface area contributed by atoms with Crippen LogP contribution in [0.25, 0.3) is 5.57 Å². The first kappa shape index (κ1) is 13.1. The third kappa shape index (κ3) is 3.09. The lowest BCUT2D eigenvalue weighted by molar-refractivity contribution is 0.343. The van der Waals surface area contributed by atoms with Crippen LogP contribution in [0.15, 0.2) is 59.1 Å². The Morgan fingerprint density at radius 1 is 1.00 bits per heavy atom. The molecule has 0 aromatic heterocycles. The maximum Gasteiger partial charge on any atom is 0.0621 e. The Hall–Kier alpha value is -1.38. The minimum absolute atomic E-state index is 0.0409. The average molecular weight is 303 g/mol. The fourth-order valence-corrected chi connectivity index (χ4v) is 2.12. The molecule has 0 bridgehead atoms.